The highest BCUT2D eigenvalue weighted by molar-refractivity contribution is 6.04. The first-order valence-electron chi connectivity index (χ1n) is 12.1. The van der Waals surface area contributed by atoms with E-state index < -0.39 is 17.8 Å². The average Bonchev–Trinajstić information content (AvgIpc) is 2.84. The summed E-state index contributed by atoms with van der Waals surface area (Å²) in [6.45, 7) is 5.27. The van der Waals surface area contributed by atoms with E-state index in [1.165, 1.54) is 18.2 Å². The molecule has 2 fully saturated rings. The van der Waals surface area contributed by atoms with Gasteiger partial charge in [0.05, 0.1) is 16.8 Å². The first-order chi connectivity index (χ1) is 16.7. The molecule has 0 saturated carbocycles. The minimum Gasteiger partial charge on any atom is -0.371 e. The van der Waals surface area contributed by atoms with Crippen molar-refractivity contribution in [3.05, 3.63) is 53.6 Å². The van der Waals surface area contributed by atoms with Crippen molar-refractivity contribution in [1.29, 1.82) is 0 Å². The number of urea groups is 1. The van der Waals surface area contributed by atoms with Crippen LogP contribution in [0.5, 0.6) is 0 Å². The van der Waals surface area contributed by atoms with E-state index in [0.717, 1.165) is 56.9 Å². The molecule has 35 heavy (non-hydrogen) atoms. The van der Waals surface area contributed by atoms with Crippen LogP contribution >= 0.6 is 0 Å². The molecular formula is C26H31F3N4O2. The second-order valence-corrected chi connectivity index (χ2v) is 9.38. The van der Waals surface area contributed by atoms with Crippen LogP contribution in [0.2, 0.25) is 0 Å². The van der Waals surface area contributed by atoms with Gasteiger partial charge < -0.3 is 20.4 Å². The highest BCUT2D eigenvalue weighted by Gasteiger charge is 2.33. The molecule has 0 bridgehead atoms. The number of anilines is 3. The number of amides is 3. The van der Waals surface area contributed by atoms with E-state index in [1.807, 2.05) is 11.0 Å². The Morgan fingerprint density at radius 2 is 1.60 bits per heavy atom. The molecule has 4 rings (SSSR count). The number of nitrogens with one attached hydrogen (secondary N) is 2. The van der Waals surface area contributed by atoms with Gasteiger partial charge in [-0.1, -0.05) is 19.1 Å². The molecule has 0 aliphatic carbocycles. The number of likely N-dealkylation sites (tertiary alicyclic amines) is 1. The molecule has 2 aliphatic heterocycles. The van der Waals surface area contributed by atoms with Gasteiger partial charge in [0.15, 0.2) is 0 Å². The van der Waals surface area contributed by atoms with Crippen LogP contribution < -0.4 is 15.5 Å². The van der Waals surface area contributed by atoms with Crippen LogP contribution in [0, 0.1) is 5.92 Å². The smallest absolute Gasteiger partial charge is 0.371 e. The molecular weight excluding hydrogens is 457 g/mol. The number of piperidine rings is 2. The first kappa shape index (κ1) is 24.9. The van der Waals surface area contributed by atoms with Gasteiger partial charge in [0.1, 0.15) is 0 Å². The van der Waals surface area contributed by atoms with Crippen LogP contribution in [0.15, 0.2) is 42.5 Å². The Balaban J connectivity index is 1.56. The lowest BCUT2D eigenvalue weighted by molar-refractivity contribution is -0.136. The topological polar surface area (TPSA) is 64.7 Å². The molecule has 2 saturated heterocycles. The fourth-order valence-electron chi connectivity index (χ4n) is 4.70. The molecule has 3 amide bonds. The van der Waals surface area contributed by atoms with Gasteiger partial charge in [-0.05, 0) is 68.4 Å². The third-order valence-electron chi connectivity index (χ3n) is 6.73. The number of carbonyl (C=O) groups excluding carboxylic acids is 2. The number of rotatable bonds is 4. The van der Waals surface area contributed by atoms with Gasteiger partial charge in [0.25, 0.3) is 5.91 Å². The minimum absolute atomic E-state index is 0.0797. The Hall–Kier alpha value is -3.23. The number of nitrogens with zero attached hydrogens (tertiary/aromatic N) is 2. The predicted octanol–water partition coefficient (Wildman–Crippen LogP) is 6.21. The number of halogens is 3. The van der Waals surface area contributed by atoms with Gasteiger partial charge >= 0.3 is 12.2 Å². The molecule has 6 nitrogen and oxygen atoms in total. The van der Waals surface area contributed by atoms with E-state index in [0.29, 0.717) is 30.3 Å². The fraction of sp³-hybridized carbons (Fsp3) is 0.462. The molecule has 188 valence electrons. The molecule has 0 spiro atoms. The molecule has 0 unspecified atom stereocenters. The SMILES string of the molecule is CC1CCN(C(=O)c2cc(NC(=O)Nc3ccccc3C(F)(F)F)ccc2N2CCCCC2)CC1. The molecule has 2 heterocycles. The van der Waals surface area contributed by atoms with Crippen molar-refractivity contribution < 1.29 is 22.8 Å². The highest BCUT2D eigenvalue weighted by atomic mass is 19.4. The summed E-state index contributed by atoms with van der Waals surface area (Å²) >= 11 is 0. The third-order valence-corrected chi connectivity index (χ3v) is 6.73. The Morgan fingerprint density at radius 1 is 0.914 bits per heavy atom. The van der Waals surface area contributed by atoms with E-state index in [2.05, 4.69) is 22.5 Å². The van der Waals surface area contributed by atoms with Crippen molar-refractivity contribution in [1.82, 2.24) is 4.90 Å². The zero-order valence-corrected chi connectivity index (χ0v) is 19.8. The Morgan fingerprint density at radius 3 is 2.29 bits per heavy atom. The number of alkyl halides is 3. The summed E-state index contributed by atoms with van der Waals surface area (Å²) in [6, 6.07) is 9.16. The van der Waals surface area contributed by atoms with Crippen LogP contribution in [-0.2, 0) is 6.18 Å². The lowest BCUT2D eigenvalue weighted by atomic mass is 9.98. The maximum atomic E-state index is 13.5. The summed E-state index contributed by atoms with van der Waals surface area (Å²) in [6.07, 6.45) is 0.563. The van der Waals surface area contributed by atoms with Crippen molar-refractivity contribution in [3.63, 3.8) is 0 Å². The number of para-hydroxylation sites is 1. The summed E-state index contributed by atoms with van der Waals surface area (Å²) in [5, 5.41) is 4.88. The first-order valence-corrected chi connectivity index (χ1v) is 12.1. The molecule has 0 atom stereocenters. The largest absolute Gasteiger partial charge is 0.418 e. The summed E-state index contributed by atoms with van der Waals surface area (Å²) in [5.41, 5.74) is 0.435. The van der Waals surface area contributed by atoms with Crippen LogP contribution in [0.25, 0.3) is 0 Å². The number of hydrogen-bond acceptors (Lipinski definition) is 3. The van der Waals surface area contributed by atoms with E-state index in [-0.39, 0.29) is 11.6 Å². The maximum Gasteiger partial charge on any atom is 0.418 e. The molecule has 2 N–H and O–H groups in total. The normalized spacial score (nSPS) is 17.3. The van der Waals surface area contributed by atoms with E-state index in [1.54, 1.807) is 12.1 Å². The minimum atomic E-state index is -4.59. The Bertz CT molecular complexity index is 1060. The van der Waals surface area contributed by atoms with Gasteiger partial charge in [0, 0.05) is 37.6 Å². The fourth-order valence-corrected chi connectivity index (χ4v) is 4.70. The van der Waals surface area contributed by atoms with Gasteiger partial charge in [-0.15, -0.1) is 0 Å². The van der Waals surface area contributed by atoms with Gasteiger partial charge in [-0.3, -0.25) is 4.79 Å². The quantitative estimate of drug-likeness (QED) is 0.538. The maximum absolute atomic E-state index is 13.5. The van der Waals surface area contributed by atoms with Crippen molar-refractivity contribution >= 4 is 29.0 Å². The highest BCUT2D eigenvalue weighted by Crippen LogP contribution is 2.35. The van der Waals surface area contributed by atoms with Crippen LogP contribution in [0.4, 0.5) is 35.0 Å². The van der Waals surface area contributed by atoms with E-state index in [9.17, 15) is 22.8 Å². The second-order valence-electron chi connectivity index (χ2n) is 9.38. The summed E-state index contributed by atoms with van der Waals surface area (Å²) in [4.78, 5) is 30.1. The lowest BCUT2D eigenvalue weighted by Crippen LogP contribution is -2.39. The van der Waals surface area contributed by atoms with Crippen LogP contribution in [0.1, 0.15) is 54.9 Å². The lowest BCUT2D eigenvalue weighted by Gasteiger charge is -2.34. The summed E-state index contributed by atoms with van der Waals surface area (Å²) in [7, 11) is 0. The molecule has 2 aromatic rings. The third kappa shape index (κ3) is 6.07. The van der Waals surface area contributed by atoms with Gasteiger partial charge in [0.2, 0.25) is 0 Å². The number of hydrogen-bond donors (Lipinski definition) is 2. The monoisotopic (exact) mass is 488 g/mol. The van der Waals surface area contributed by atoms with E-state index in [4.69, 9.17) is 0 Å². The molecule has 0 aromatic heterocycles. The number of carbonyl (C=O) groups is 2. The molecule has 2 aromatic carbocycles. The zero-order chi connectivity index (χ0) is 25.0. The van der Waals surface area contributed by atoms with Crippen LogP contribution in [-0.4, -0.2) is 43.0 Å². The van der Waals surface area contributed by atoms with Crippen LogP contribution in [0.3, 0.4) is 0 Å². The van der Waals surface area contributed by atoms with Crippen molar-refractivity contribution in [3.8, 4) is 0 Å². The summed E-state index contributed by atoms with van der Waals surface area (Å²) < 4.78 is 39.8. The zero-order valence-electron chi connectivity index (χ0n) is 19.8. The standard InChI is InChI=1S/C26H31F3N4O2/c1-18-11-15-33(16-12-18)24(34)20-17-19(9-10-23(20)32-13-5-2-6-14-32)30-25(35)31-22-8-4-3-7-21(22)26(27,28)29/h3-4,7-10,17-18H,2,5-6,11-16H2,1H3,(H2,30,31,35). The average molecular weight is 489 g/mol. The molecule has 9 heteroatoms. The second kappa shape index (κ2) is 10.6. The van der Waals surface area contributed by atoms with Gasteiger partial charge in [-0.2, -0.15) is 13.2 Å². The van der Waals surface area contributed by atoms with E-state index >= 15 is 0 Å². The Labute approximate surface area is 203 Å². The van der Waals surface area contributed by atoms with Crippen molar-refractivity contribution in [2.24, 2.45) is 5.92 Å². The molecule has 0 radical (unpaired) electrons. The Kier molecular flexibility index (Phi) is 7.52. The van der Waals surface area contributed by atoms with Crippen molar-refractivity contribution in [2.45, 2.75) is 45.2 Å². The van der Waals surface area contributed by atoms with Gasteiger partial charge in [-0.25, -0.2) is 4.79 Å². The van der Waals surface area contributed by atoms with Crippen molar-refractivity contribution in [2.75, 3.05) is 41.7 Å². The molecule has 2 aliphatic rings. The number of benzene rings is 2. The summed E-state index contributed by atoms with van der Waals surface area (Å²) in [5.74, 6) is 0.501. The predicted molar refractivity (Wildman–Crippen MR) is 131 cm³/mol.